The third kappa shape index (κ3) is 2.76. The predicted octanol–water partition coefficient (Wildman–Crippen LogP) is 3.54. The Hall–Kier alpha value is -1.02. The molecule has 2 heteroatoms. The lowest BCUT2D eigenvalue weighted by Gasteiger charge is -2.17. The maximum absolute atomic E-state index is 10.1. The maximum Gasteiger partial charge on any atom is 0.127 e. The first-order chi connectivity index (χ1) is 7.61. The third-order valence-corrected chi connectivity index (χ3v) is 3.10. The van der Waals surface area contributed by atoms with Crippen LogP contribution >= 0.6 is 0 Å². The number of hydrogen-bond acceptors (Lipinski definition) is 2. The molecule has 2 nitrogen and oxygen atoms in total. The van der Waals surface area contributed by atoms with E-state index in [1.807, 2.05) is 19.1 Å². The number of hydrogen-bond donors (Lipinski definition) is 1. The molecule has 1 rings (SSSR count). The molecule has 0 amide bonds. The van der Waals surface area contributed by atoms with Gasteiger partial charge in [-0.05, 0) is 31.4 Å². The van der Waals surface area contributed by atoms with E-state index in [4.69, 9.17) is 4.74 Å². The minimum Gasteiger partial charge on any atom is -0.496 e. The van der Waals surface area contributed by atoms with E-state index in [1.54, 1.807) is 7.11 Å². The van der Waals surface area contributed by atoms with Crippen LogP contribution in [0, 0.1) is 13.8 Å². The van der Waals surface area contributed by atoms with Gasteiger partial charge in [-0.1, -0.05) is 31.9 Å². The Bertz CT molecular complexity index is 345. The van der Waals surface area contributed by atoms with E-state index in [1.165, 1.54) is 5.56 Å². The van der Waals surface area contributed by atoms with E-state index >= 15 is 0 Å². The summed E-state index contributed by atoms with van der Waals surface area (Å²) >= 11 is 0. The molecule has 1 N–H and O–H groups in total. The molecule has 0 saturated carbocycles. The van der Waals surface area contributed by atoms with Crippen molar-refractivity contribution in [3.8, 4) is 5.75 Å². The van der Waals surface area contributed by atoms with E-state index in [9.17, 15) is 5.11 Å². The molecule has 90 valence electrons. The molecule has 0 aromatic heterocycles. The molecule has 0 aliphatic heterocycles. The number of aliphatic hydroxyl groups is 1. The Morgan fingerprint density at radius 2 is 2.00 bits per heavy atom. The summed E-state index contributed by atoms with van der Waals surface area (Å²) in [4.78, 5) is 0. The minimum absolute atomic E-state index is 0.408. The SMILES string of the molecule is CCCCC(O)c1ccc(C)c(C)c1OC. The second-order valence-electron chi connectivity index (χ2n) is 4.29. The summed E-state index contributed by atoms with van der Waals surface area (Å²) in [6.45, 7) is 6.22. The van der Waals surface area contributed by atoms with Gasteiger partial charge < -0.3 is 9.84 Å². The van der Waals surface area contributed by atoms with Gasteiger partial charge >= 0.3 is 0 Å². The molecule has 0 bridgehead atoms. The fraction of sp³-hybridized carbons (Fsp3) is 0.571. The van der Waals surface area contributed by atoms with E-state index in [2.05, 4.69) is 13.8 Å². The third-order valence-electron chi connectivity index (χ3n) is 3.10. The van der Waals surface area contributed by atoms with Crippen molar-refractivity contribution in [2.75, 3.05) is 7.11 Å². The molecule has 0 radical (unpaired) electrons. The molecule has 1 unspecified atom stereocenters. The minimum atomic E-state index is -0.408. The molecule has 0 heterocycles. The van der Waals surface area contributed by atoms with Gasteiger partial charge in [0.1, 0.15) is 5.75 Å². The first kappa shape index (κ1) is 13.0. The smallest absolute Gasteiger partial charge is 0.127 e. The van der Waals surface area contributed by atoms with Crippen LogP contribution in [0.5, 0.6) is 5.75 Å². The molecule has 1 aromatic rings. The Kier molecular flexibility index (Phi) is 4.81. The maximum atomic E-state index is 10.1. The highest BCUT2D eigenvalue weighted by Gasteiger charge is 2.15. The van der Waals surface area contributed by atoms with Crippen molar-refractivity contribution in [3.05, 3.63) is 28.8 Å². The van der Waals surface area contributed by atoms with Gasteiger partial charge in [0.2, 0.25) is 0 Å². The van der Waals surface area contributed by atoms with Crippen LogP contribution in [-0.4, -0.2) is 12.2 Å². The number of aliphatic hydroxyl groups excluding tert-OH is 1. The van der Waals surface area contributed by atoms with Gasteiger partial charge in [-0.3, -0.25) is 0 Å². The fourth-order valence-electron chi connectivity index (χ4n) is 1.90. The zero-order chi connectivity index (χ0) is 12.1. The number of unbranched alkanes of at least 4 members (excludes halogenated alkanes) is 1. The van der Waals surface area contributed by atoms with Crippen LogP contribution in [0.15, 0.2) is 12.1 Å². The Balaban J connectivity index is 2.99. The average Bonchev–Trinajstić information content (AvgIpc) is 2.29. The van der Waals surface area contributed by atoms with Crippen molar-refractivity contribution in [3.63, 3.8) is 0 Å². The van der Waals surface area contributed by atoms with Gasteiger partial charge in [-0.2, -0.15) is 0 Å². The lowest BCUT2D eigenvalue weighted by Crippen LogP contribution is -2.03. The van der Waals surface area contributed by atoms with E-state index in [0.29, 0.717) is 0 Å². The van der Waals surface area contributed by atoms with Crippen LogP contribution in [-0.2, 0) is 0 Å². The average molecular weight is 222 g/mol. The van der Waals surface area contributed by atoms with Crippen molar-refractivity contribution in [2.45, 2.75) is 46.1 Å². The van der Waals surface area contributed by atoms with Gasteiger partial charge in [0.05, 0.1) is 13.2 Å². The lowest BCUT2D eigenvalue weighted by atomic mass is 9.98. The number of ether oxygens (including phenoxy) is 1. The first-order valence-corrected chi connectivity index (χ1v) is 5.94. The highest BCUT2D eigenvalue weighted by atomic mass is 16.5. The zero-order valence-electron chi connectivity index (χ0n) is 10.7. The summed E-state index contributed by atoms with van der Waals surface area (Å²) in [6, 6.07) is 4.02. The summed E-state index contributed by atoms with van der Waals surface area (Å²) in [5, 5.41) is 10.1. The topological polar surface area (TPSA) is 29.5 Å². The lowest BCUT2D eigenvalue weighted by molar-refractivity contribution is 0.160. The second kappa shape index (κ2) is 5.90. The highest BCUT2D eigenvalue weighted by Crippen LogP contribution is 2.32. The van der Waals surface area contributed by atoms with E-state index in [-0.39, 0.29) is 0 Å². The molecule has 0 aliphatic rings. The van der Waals surface area contributed by atoms with Crippen molar-refractivity contribution in [1.82, 2.24) is 0 Å². The van der Waals surface area contributed by atoms with Crippen LogP contribution in [0.25, 0.3) is 0 Å². The molecule has 0 fully saturated rings. The normalized spacial score (nSPS) is 12.6. The number of aryl methyl sites for hydroxylation is 1. The quantitative estimate of drug-likeness (QED) is 0.825. The molecule has 0 spiro atoms. The van der Waals surface area contributed by atoms with Crippen LogP contribution in [0.2, 0.25) is 0 Å². The molecular formula is C14H22O2. The van der Waals surface area contributed by atoms with E-state index < -0.39 is 6.10 Å². The molecular weight excluding hydrogens is 200 g/mol. The Morgan fingerprint density at radius 1 is 1.31 bits per heavy atom. The Labute approximate surface area is 98.3 Å². The van der Waals surface area contributed by atoms with Crippen molar-refractivity contribution in [1.29, 1.82) is 0 Å². The first-order valence-electron chi connectivity index (χ1n) is 5.94. The van der Waals surface area contributed by atoms with E-state index in [0.717, 1.165) is 36.1 Å². The van der Waals surface area contributed by atoms with Crippen molar-refractivity contribution in [2.24, 2.45) is 0 Å². The molecule has 1 atom stereocenters. The van der Waals surface area contributed by atoms with Crippen LogP contribution in [0.3, 0.4) is 0 Å². The molecule has 0 saturated heterocycles. The summed E-state index contributed by atoms with van der Waals surface area (Å²) in [5.74, 6) is 0.837. The van der Waals surface area contributed by atoms with Gasteiger partial charge in [-0.25, -0.2) is 0 Å². The standard InChI is InChI=1S/C14H22O2/c1-5-6-7-13(15)12-9-8-10(2)11(3)14(12)16-4/h8-9,13,15H,5-7H2,1-4H3. The van der Waals surface area contributed by atoms with Crippen LogP contribution in [0.1, 0.15) is 49.0 Å². The van der Waals surface area contributed by atoms with Crippen LogP contribution in [0.4, 0.5) is 0 Å². The zero-order valence-corrected chi connectivity index (χ0v) is 10.7. The number of methoxy groups -OCH3 is 1. The number of benzene rings is 1. The molecule has 16 heavy (non-hydrogen) atoms. The highest BCUT2D eigenvalue weighted by molar-refractivity contribution is 5.46. The summed E-state index contributed by atoms with van der Waals surface area (Å²) in [6.07, 6.45) is 2.53. The largest absolute Gasteiger partial charge is 0.496 e. The number of rotatable bonds is 5. The van der Waals surface area contributed by atoms with Gasteiger partial charge in [-0.15, -0.1) is 0 Å². The second-order valence-corrected chi connectivity index (χ2v) is 4.29. The van der Waals surface area contributed by atoms with Crippen LogP contribution < -0.4 is 4.74 Å². The van der Waals surface area contributed by atoms with Gasteiger partial charge in [0.25, 0.3) is 0 Å². The van der Waals surface area contributed by atoms with Gasteiger partial charge in [0, 0.05) is 5.56 Å². The summed E-state index contributed by atoms with van der Waals surface area (Å²) < 4.78 is 5.40. The van der Waals surface area contributed by atoms with Crippen molar-refractivity contribution >= 4 is 0 Å². The van der Waals surface area contributed by atoms with Crippen molar-refractivity contribution < 1.29 is 9.84 Å². The Morgan fingerprint density at radius 3 is 2.56 bits per heavy atom. The molecule has 0 aliphatic carbocycles. The predicted molar refractivity (Wildman–Crippen MR) is 67.0 cm³/mol. The molecule has 1 aromatic carbocycles. The summed E-state index contributed by atoms with van der Waals surface area (Å²) in [7, 11) is 1.66. The van der Waals surface area contributed by atoms with Gasteiger partial charge in [0.15, 0.2) is 0 Å². The monoisotopic (exact) mass is 222 g/mol. The summed E-state index contributed by atoms with van der Waals surface area (Å²) in [5.41, 5.74) is 3.23. The fourth-order valence-corrected chi connectivity index (χ4v) is 1.90.